The van der Waals surface area contributed by atoms with E-state index in [1.54, 1.807) is 4.90 Å². The lowest BCUT2D eigenvalue weighted by atomic mass is 9.94. The van der Waals surface area contributed by atoms with Crippen LogP contribution in [0.5, 0.6) is 0 Å². The number of halogens is 1. The summed E-state index contributed by atoms with van der Waals surface area (Å²) in [6.45, 7) is 7.97. The van der Waals surface area contributed by atoms with Crippen LogP contribution in [0.3, 0.4) is 0 Å². The molecule has 2 fully saturated rings. The second-order valence-electron chi connectivity index (χ2n) is 6.66. The van der Waals surface area contributed by atoms with Crippen LogP contribution in [0.2, 0.25) is 0 Å². The van der Waals surface area contributed by atoms with Gasteiger partial charge < -0.3 is 10.2 Å². The Labute approximate surface area is 146 Å². The van der Waals surface area contributed by atoms with E-state index in [0.29, 0.717) is 38.0 Å². The highest BCUT2D eigenvalue weighted by atomic mass is 35.5. The number of likely N-dealkylation sites (N-methyl/N-ethyl adjacent to an activating group) is 1. The molecule has 2 atom stereocenters. The van der Waals surface area contributed by atoms with E-state index in [1.165, 1.54) is 15.7 Å². The lowest BCUT2D eigenvalue weighted by Gasteiger charge is -2.36. The van der Waals surface area contributed by atoms with Crippen molar-refractivity contribution in [2.75, 3.05) is 52.9 Å². The van der Waals surface area contributed by atoms with Gasteiger partial charge in [0.25, 0.3) is 10.2 Å². The lowest BCUT2D eigenvalue weighted by molar-refractivity contribution is -0.131. The van der Waals surface area contributed by atoms with Crippen LogP contribution in [-0.4, -0.2) is 80.7 Å². The zero-order valence-corrected chi connectivity index (χ0v) is 15.8. The van der Waals surface area contributed by atoms with Crippen LogP contribution in [0.15, 0.2) is 0 Å². The molecular formula is C14H29ClN4O3S. The Kier molecular flexibility index (Phi) is 7.73. The molecule has 0 aromatic rings. The highest BCUT2D eigenvalue weighted by Gasteiger charge is 2.34. The number of hydrogen-bond acceptors (Lipinski definition) is 4. The van der Waals surface area contributed by atoms with Gasteiger partial charge in [-0.05, 0) is 18.3 Å². The van der Waals surface area contributed by atoms with Gasteiger partial charge in [-0.2, -0.15) is 17.0 Å². The topological polar surface area (TPSA) is 73.0 Å². The molecular weight excluding hydrogens is 340 g/mol. The Balaban J connectivity index is 0.00000264. The quantitative estimate of drug-likeness (QED) is 0.757. The van der Waals surface area contributed by atoms with Crippen molar-refractivity contribution in [3.8, 4) is 0 Å². The molecule has 7 nitrogen and oxygen atoms in total. The van der Waals surface area contributed by atoms with Crippen molar-refractivity contribution in [2.45, 2.75) is 20.3 Å². The molecule has 0 aliphatic carbocycles. The van der Waals surface area contributed by atoms with Crippen molar-refractivity contribution in [1.82, 2.24) is 18.8 Å². The fourth-order valence-corrected chi connectivity index (χ4v) is 4.83. The first-order valence-electron chi connectivity index (χ1n) is 8.00. The van der Waals surface area contributed by atoms with Crippen LogP contribution >= 0.6 is 12.4 Å². The van der Waals surface area contributed by atoms with Gasteiger partial charge in [0.15, 0.2) is 0 Å². The highest BCUT2D eigenvalue weighted by molar-refractivity contribution is 7.86. The van der Waals surface area contributed by atoms with Gasteiger partial charge in [-0.25, -0.2) is 0 Å². The average Bonchev–Trinajstić information content (AvgIpc) is 2.47. The second-order valence-corrected chi connectivity index (χ2v) is 8.69. The third-order valence-corrected chi connectivity index (χ3v) is 6.25. The Morgan fingerprint density at radius 3 is 2.22 bits per heavy atom. The minimum absolute atomic E-state index is 0. The fourth-order valence-electron chi connectivity index (χ4n) is 3.28. The molecule has 2 aliphatic rings. The molecule has 0 aromatic carbocycles. The van der Waals surface area contributed by atoms with Crippen molar-refractivity contribution in [3.05, 3.63) is 0 Å². The molecule has 0 bridgehead atoms. The summed E-state index contributed by atoms with van der Waals surface area (Å²) < 4.78 is 28.0. The maximum atomic E-state index is 12.7. The molecule has 2 saturated heterocycles. The molecule has 2 unspecified atom stereocenters. The van der Waals surface area contributed by atoms with Crippen LogP contribution in [-0.2, 0) is 15.0 Å². The van der Waals surface area contributed by atoms with Gasteiger partial charge in [0.1, 0.15) is 0 Å². The SMILES string of the molecule is CC1CC(C)CN(S(=O)(=O)N(C)CC(=O)N2CCNCC2)C1.Cl. The van der Waals surface area contributed by atoms with Gasteiger partial charge in [-0.3, -0.25) is 4.79 Å². The molecule has 0 radical (unpaired) electrons. The fraction of sp³-hybridized carbons (Fsp3) is 0.929. The smallest absolute Gasteiger partial charge is 0.282 e. The zero-order chi connectivity index (χ0) is 16.3. The first kappa shape index (κ1) is 20.6. The summed E-state index contributed by atoms with van der Waals surface area (Å²) in [7, 11) is -2.06. The second kappa shape index (κ2) is 8.62. The van der Waals surface area contributed by atoms with Gasteiger partial charge in [0.05, 0.1) is 6.54 Å². The molecule has 0 saturated carbocycles. The monoisotopic (exact) mass is 368 g/mol. The summed E-state index contributed by atoms with van der Waals surface area (Å²) in [5.74, 6) is 0.595. The summed E-state index contributed by atoms with van der Waals surface area (Å²) in [4.78, 5) is 14.0. The van der Waals surface area contributed by atoms with Crippen LogP contribution in [0, 0.1) is 11.8 Å². The van der Waals surface area contributed by atoms with E-state index in [2.05, 4.69) is 19.2 Å². The zero-order valence-electron chi connectivity index (χ0n) is 14.2. The number of hydrogen-bond donors (Lipinski definition) is 1. The number of nitrogens with one attached hydrogen (secondary N) is 1. The third kappa shape index (κ3) is 5.29. The number of rotatable bonds is 4. The van der Waals surface area contributed by atoms with E-state index < -0.39 is 10.2 Å². The van der Waals surface area contributed by atoms with Crippen molar-refractivity contribution in [3.63, 3.8) is 0 Å². The van der Waals surface area contributed by atoms with Gasteiger partial charge in [0, 0.05) is 46.3 Å². The number of piperazine rings is 1. The van der Waals surface area contributed by atoms with E-state index in [4.69, 9.17) is 0 Å². The largest absolute Gasteiger partial charge is 0.339 e. The number of carbonyl (C=O) groups is 1. The van der Waals surface area contributed by atoms with Gasteiger partial charge >= 0.3 is 0 Å². The van der Waals surface area contributed by atoms with E-state index in [-0.39, 0.29) is 24.9 Å². The minimum atomic E-state index is -3.56. The minimum Gasteiger partial charge on any atom is -0.339 e. The van der Waals surface area contributed by atoms with Crippen molar-refractivity contribution in [2.24, 2.45) is 11.8 Å². The Hall–Kier alpha value is -0.410. The summed E-state index contributed by atoms with van der Waals surface area (Å²) >= 11 is 0. The molecule has 1 N–H and O–H groups in total. The molecule has 0 aromatic heterocycles. The molecule has 2 aliphatic heterocycles. The standard InChI is InChI=1S/C14H28N4O3S.ClH/c1-12-8-13(2)10-18(9-12)22(20,21)16(3)11-14(19)17-6-4-15-5-7-17;/h12-13,15H,4-11H2,1-3H3;1H. The van der Waals surface area contributed by atoms with Gasteiger partial charge in [0.2, 0.25) is 5.91 Å². The Bertz CT molecular complexity index is 486. The Morgan fingerprint density at radius 2 is 1.70 bits per heavy atom. The summed E-state index contributed by atoms with van der Waals surface area (Å²) in [6, 6.07) is 0. The molecule has 2 rings (SSSR count). The lowest BCUT2D eigenvalue weighted by Crippen LogP contribution is -2.53. The summed E-state index contributed by atoms with van der Waals surface area (Å²) in [5, 5.41) is 3.18. The normalized spacial score (nSPS) is 26.9. The van der Waals surface area contributed by atoms with Gasteiger partial charge in [-0.15, -0.1) is 12.4 Å². The predicted molar refractivity (Wildman–Crippen MR) is 92.8 cm³/mol. The van der Waals surface area contributed by atoms with Crippen LogP contribution in [0.4, 0.5) is 0 Å². The van der Waals surface area contributed by atoms with Crippen molar-refractivity contribution < 1.29 is 13.2 Å². The summed E-state index contributed by atoms with van der Waals surface area (Å²) in [5.41, 5.74) is 0. The van der Waals surface area contributed by atoms with Crippen molar-refractivity contribution in [1.29, 1.82) is 0 Å². The van der Waals surface area contributed by atoms with Crippen LogP contribution < -0.4 is 5.32 Å². The van der Waals surface area contributed by atoms with Gasteiger partial charge in [-0.1, -0.05) is 13.8 Å². The summed E-state index contributed by atoms with van der Waals surface area (Å²) in [6.07, 6.45) is 1.05. The average molecular weight is 369 g/mol. The van der Waals surface area contributed by atoms with Crippen molar-refractivity contribution >= 4 is 28.5 Å². The van der Waals surface area contributed by atoms with E-state index in [0.717, 1.165) is 19.5 Å². The number of piperidine rings is 1. The number of amides is 1. The molecule has 2 heterocycles. The van der Waals surface area contributed by atoms with E-state index >= 15 is 0 Å². The third-order valence-electron chi connectivity index (χ3n) is 4.38. The molecule has 0 spiro atoms. The highest BCUT2D eigenvalue weighted by Crippen LogP contribution is 2.24. The maximum absolute atomic E-state index is 12.7. The maximum Gasteiger partial charge on any atom is 0.282 e. The Morgan fingerprint density at radius 1 is 1.17 bits per heavy atom. The first-order chi connectivity index (χ1) is 10.3. The predicted octanol–water partition coefficient (Wildman–Crippen LogP) is -0.00550. The molecule has 23 heavy (non-hydrogen) atoms. The van der Waals surface area contributed by atoms with Crippen LogP contribution in [0.1, 0.15) is 20.3 Å². The van der Waals surface area contributed by atoms with E-state index in [1.807, 2.05) is 0 Å². The molecule has 9 heteroatoms. The number of nitrogens with zero attached hydrogens (tertiary/aromatic N) is 3. The molecule has 136 valence electrons. The number of carbonyl (C=O) groups excluding carboxylic acids is 1. The first-order valence-corrected chi connectivity index (χ1v) is 9.40. The van der Waals surface area contributed by atoms with Crippen LogP contribution in [0.25, 0.3) is 0 Å². The molecule has 1 amide bonds. The van der Waals surface area contributed by atoms with E-state index in [9.17, 15) is 13.2 Å².